The van der Waals surface area contributed by atoms with Crippen molar-refractivity contribution in [1.82, 2.24) is 4.98 Å². The normalized spacial score (nSPS) is 31.3. The number of nitrogens with zero attached hydrogens (tertiary/aromatic N) is 1. The highest BCUT2D eigenvalue weighted by atomic mass is 127. The second-order valence-corrected chi connectivity index (χ2v) is 13.4. The molecule has 1 aliphatic carbocycles. The fraction of sp³-hybridized carbons (Fsp3) is 0.621. The molecule has 0 radical (unpaired) electrons. The van der Waals surface area contributed by atoms with Crippen molar-refractivity contribution in [1.29, 1.82) is 0 Å². The maximum absolute atomic E-state index is 13.4. The summed E-state index contributed by atoms with van der Waals surface area (Å²) in [6.45, 7) is 6.78. The smallest absolute Gasteiger partial charge is 0.416 e. The summed E-state index contributed by atoms with van der Waals surface area (Å²) < 4.78 is 58.7. The minimum absolute atomic E-state index is 0.00299. The number of alkyl halides is 4. The predicted octanol–water partition coefficient (Wildman–Crippen LogP) is 6.27. The highest BCUT2D eigenvalue weighted by Gasteiger charge is 2.56. The van der Waals surface area contributed by atoms with Gasteiger partial charge in [0.15, 0.2) is 6.10 Å². The maximum Gasteiger partial charge on any atom is 0.416 e. The molecule has 0 amide bonds. The van der Waals surface area contributed by atoms with E-state index >= 15 is 0 Å². The number of halogens is 4. The Morgan fingerprint density at radius 2 is 1.74 bits per heavy atom. The summed E-state index contributed by atoms with van der Waals surface area (Å²) in [6, 6.07) is 5.38. The van der Waals surface area contributed by atoms with Crippen LogP contribution in [0.1, 0.15) is 96.9 Å². The Bertz CT molecular complexity index is 1210. The lowest BCUT2D eigenvalue weighted by atomic mass is 9.69. The van der Waals surface area contributed by atoms with Gasteiger partial charge >= 0.3 is 6.18 Å². The van der Waals surface area contributed by atoms with E-state index in [0.717, 1.165) is 65.9 Å². The van der Waals surface area contributed by atoms with Gasteiger partial charge in [-0.3, -0.25) is 4.98 Å². The van der Waals surface area contributed by atoms with Crippen LogP contribution in [0.4, 0.5) is 13.2 Å². The van der Waals surface area contributed by atoms with E-state index in [1.54, 1.807) is 12.1 Å². The summed E-state index contributed by atoms with van der Waals surface area (Å²) in [4.78, 5) is 5.32. The lowest BCUT2D eigenvalue weighted by molar-refractivity contribution is -0.137. The molecule has 6 rings (SSSR count). The number of pyridine rings is 1. The molecule has 3 aliphatic heterocycles. The van der Waals surface area contributed by atoms with Crippen molar-refractivity contribution >= 4 is 22.6 Å². The molecule has 1 spiro atoms. The topological polar surface area (TPSA) is 63.5 Å². The van der Waals surface area contributed by atoms with E-state index in [9.17, 15) is 18.3 Å². The van der Waals surface area contributed by atoms with E-state index in [1.807, 2.05) is 0 Å². The molecule has 1 aromatic heterocycles. The average Bonchev–Trinajstić information content (AvgIpc) is 3.20. The Morgan fingerprint density at radius 3 is 2.39 bits per heavy atom. The molecule has 206 valence electrons. The fourth-order valence-electron chi connectivity index (χ4n) is 6.90. The van der Waals surface area contributed by atoms with Crippen LogP contribution in [0.15, 0.2) is 24.3 Å². The molecule has 2 N–H and O–H groups in total. The molecular weight excluding hydrogens is 610 g/mol. The third-order valence-electron chi connectivity index (χ3n) is 8.68. The zero-order valence-corrected chi connectivity index (χ0v) is 23.8. The van der Waals surface area contributed by atoms with Gasteiger partial charge in [0.2, 0.25) is 0 Å². The third-order valence-corrected chi connectivity index (χ3v) is 10.0. The van der Waals surface area contributed by atoms with E-state index in [1.165, 1.54) is 0 Å². The van der Waals surface area contributed by atoms with Gasteiger partial charge in [-0.05, 0) is 42.4 Å². The van der Waals surface area contributed by atoms with Crippen molar-refractivity contribution in [2.75, 3.05) is 26.4 Å². The van der Waals surface area contributed by atoms with Crippen LogP contribution in [0, 0.1) is 5.41 Å². The van der Waals surface area contributed by atoms with Crippen LogP contribution < -0.4 is 0 Å². The number of fused-ring (bicyclic) bond motifs is 4. The molecule has 4 unspecified atom stereocenters. The van der Waals surface area contributed by atoms with Crippen molar-refractivity contribution < 1.29 is 32.5 Å². The van der Waals surface area contributed by atoms with Crippen molar-refractivity contribution in [2.45, 2.75) is 79.8 Å². The highest BCUT2D eigenvalue weighted by Crippen LogP contribution is 2.59. The van der Waals surface area contributed by atoms with Crippen LogP contribution in [-0.2, 0) is 32.4 Å². The van der Waals surface area contributed by atoms with Crippen molar-refractivity contribution in [3.8, 4) is 0 Å². The maximum atomic E-state index is 13.4. The molecular formula is C29H34F3INO4+. The molecule has 4 heterocycles. The first kappa shape index (κ1) is 26.9. The summed E-state index contributed by atoms with van der Waals surface area (Å²) in [7, 11) is 0. The zero-order valence-electron chi connectivity index (χ0n) is 21.7. The van der Waals surface area contributed by atoms with E-state index < -0.39 is 29.5 Å². The highest BCUT2D eigenvalue weighted by molar-refractivity contribution is 14.1. The quantitative estimate of drug-likeness (QED) is 0.220. The average molecular weight is 644 g/mol. The van der Waals surface area contributed by atoms with E-state index in [0.29, 0.717) is 38.4 Å². The first-order valence-corrected chi connectivity index (χ1v) is 14.7. The Balaban J connectivity index is 1.60. The summed E-state index contributed by atoms with van der Waals surface area (Å²) in [5, 5.41) is 9.25. The summed E-state index contributed by atoms with van der Waals surface area (Å²) >= 11 is 2.41. The molecule has 1 aromatic carbocycles. The number of ether oxygens (including phenoxy) is 3. The number of aromatic nitrogens is 1. The van der Waals surface area contributed by atoms with Crippen LogP contribution in [0.25, 0.3) is 0 Å². The fourth-order valence-corrected chi connectivity index (χ4v) is 7.93. The molecule has 0 bridgehead atoms. The minimum Gasteiger partial charge on any atom is -0.440 e. The molecule has 2 aromatic rings. The summed E-state index contributed by atoms with van der Waals surface area (Å²) in [6.07, 6.45) is -1.52. The minimum atomic E-state index is -4.40. The standard InChI is InChI=1S/C29H33F3INO4/c1-27(2)13-19-22(20(35)14-27)24-23(25(34-19)16-7-10-36-11-8-16)26(38-28(24)9-12-37-15-21(28)33)17-3-5-18(6-4-17)29(30,31)32/h3-6,16,20-21,26,35H,7-15H2,1-2H3/p+1. The van der Waals surface area contributed by atoms with Gasteiger partial charge in [0.05, 0.1) is 33.0 Å². The molecule has 4 aliphatic rings. The van der Waals surface area contributed by atoms with Gasteiger partial charge in [0.1, 0.15) is 11.7 Å². The van der Waals surface area contributed by atoms with Gasteiger partial charge in [-0.15, -0.1) is 0 Å². The first-order valence-electron chi connectivity index (χ1n) is 13.4. The second kappa shape index (κ2) is 9.68. The van der Waals surface area contributed by atoms with Crippen molar-refractivity contribution in [3.05, 3.63) is 63.5 Å². The Hall–Kier alpha value is -1.27. The lowest BCUT2D eigenvalue weighted by Crippen LogP contribution is -2.45. The van der Waals surface area contributed by atoms with Crippen LogP contribution in [0.5, 0.6) is 0 Å². The van der Waals surface area contributed by atoms with Crippen LogP contribution in [0.2, 0.25) is 0 Å². The number of benzene rings is 1. The predicted molar refractivity (Wildman–Crippen MR) is 145 cm³/mol. The van der Waals surface area contributed by atoms with Gasteiger partial charge in [-0.25, -0.2) is 0 Å². The largest absolute Gasteiger partial charge is 0.440 e. The Kier molecular flexibility index (Phi) is 6.86. The first-order chi connectivity index (χ1) is 18.0. The molecule has 38 heavy (non-hydrogen) atoms. The van der Waals surface area contributed by atoms with E-state index in [2.05, 4.69) is 36.4 Å². The number of rotatable bonds is 2. The van der Waals surface area contributed by atoms with E-state index in [4.69, 9.17) is 19.2 Å². The zero-order chi connectivity index (χ0) is 26.9. The molecule has 5 nitrogen and oxygen atoms in total. The third kappa shape index (κ3) is 4.50. The summed E-state index contributed by atoms with van der Waals surface area (Å²) in [5.41, 5.74) is 4.34. The van der Waals surface area contributed by atoms with Crippen LogP contribution in [0.3, 0.4) is 0 Å². The molecule has 2 saturated heterocycles. The van der Waals surface area contributed by atoms with E-state index in [-0.39, 0.29) is 15.3 Å². The molecule has 4 atom stereocenters. The van der Waals surface area contributed by atoms with Gasteiger partial charge in [0, 0.05) is 49.7 Å². The van der Waals surface area contributed by atoms with Gasteiger partial charge < -0.3 is 19.3 Å². The molecule has 2 fully saturated rings. The van der Waals surface area contributed by atoms with Crippen molar-refractivity contribution in [3.63, 3.8) is 0 Å². The number of hydrogen-bond donors (Lipinski definition) is 0. The number of hydrogen-bond acceptors (Lipinski definition) is 4. The van der Waals surface area contributed by atoms with Gasteiger partial charge in [0.25, 0.3) is 0 Å². The molecule has 0 saturated carbocycles. The Morgan fingerprint density at radius 1 is 1.03 bits per heavy atom. The van der Waals surface area contributed by atoms with Crippen molar-refractivity contribution in [2.24, 2.45) is 5.41 Å². The Labute approximate surface area is 234 Å². The molecule has 9 heteroatoms. The monoisotopic (exact) mass is 644 g/mol. The lowest BCUT2D eigenvalue weighted by Gasteiger charge is -2.41. The van der Waals surface area contributed by atoms with Gasteiger partial charge in [-0.1, -0.05) is 48.6 Å². The van der Waals surface area contributed by atoms with Crippen LogP contribution in [-0.4, -0.2) is 40.4 Å². The van der Waals surface area contributed by atoms with Gasteiger partial charge in [-0.2, -0.15) is 13.2 Å². The second-order valence-electron chi connectivity index (χ2n) is 11.9. The van der Waals surface area contributed by atoms with Crippen LogP contribution >= 0.6 is 22.6 Å². The SMILES string of the molecule is CC1(C)Cc2nc(C3CCOCC3)c3c(c2C([OH2+])C1)C1(CCOCC1I)OC3c1ccc(C(F)(F)F)cc1. The summed E-state index contributed by atoms with van der Waals surface area (Å²) in [5.74, 6) is 0.181.